The zero-order valence-corrected chi connectivity index (χ0v) is 9.14. The van der Waals surface area contributed by atoms with Crippen LogP contribution in [-0.2, 0) is 0 Å². The summed E-state index contributed by atoms with van der Waals surface area (Å²) in [4.78, 5) is 1.95. The molecule has 0 heterocycles. The van der Waals surface area contributed by atoms with E-state index in [1.165, 1.54) is 0 Å². The van der Waals surface area contributed by atoms with Gasteiger partial charge in [-0.05, 0) is 24.6 Å². The molecule has 80 valence electrons. The number of aliphatic hydroxyl groups excluding tert-OH is 1. The van der Waals surface area contributed by atoms with Gasteiger partial charge in [0.05, 0.1) is 17.7 Å². The van der Waals surface area contributed by atoms with Crippen molar-refractivity contribution in [2.75, 3.05) is 18.5 Å². The Balaban J connectivity index is 2.73. The van der Waals surface area contributed by atoms with E-state index in [0.717, 1.165) is 12.1 Å². The lowest BCUT2D eigenvalue weighted by Gasteiger charge is -2.22. The van der Waals surface area contributed by atoms with Gasteiger partial charge in [-0.25, -0.2) is 0 Å². The van der Waals surface area contributed by atoms with Gasteiger partial charge < -0.3 is 10.0 Å². The normalized spacial score (nSPS) is 11.9. The Morgan fingerprint density at radius 2 is 2.27 bits per heavy atom. The molecule has 0 spiro atoms. The van der Waals surface area contributed by atoms with E-state index in [1.807, 2.05) is 37.1 Å². The largest absolute Gasteiger partial charge is 0.391 e. The van der Waals surface area contributed by atoms with Gasteiger partial charge in [0, 0.05) is 19.3 Å². The molecule has 0 amide bonds. The molecule has 0 fully saturated rings. The monoisotopic (exact) mass is 204 g/mol. The molecule has 0 aromatic heterocycles. The van der Waals surface area contributed by atoms with Crippen LogP contribution in [-0.4, -0.2) is 24.8 Å². The maximum atomic E-state index is 9.51. The van der Waals surface area contributed by atoms with Gasteiger partial charge in [0.1, 0.15) is 0 Å². The number of likely N-dealkylation sites (N-methyl/N-ethyl adjacent to an activating group) is 1. The van der Waals surface area contributed by atoms with Crippen molar-refractivity contribution in [2.45, 2.75) is 19.4 Å². The summed E-state index contributed by atoms with van der Waals surface area (Å²) in [5.74, 6) is 0. The highest BCUT2D eigenvalue weighted by molar-refractivity contribution is 5.50. The molecule has 1 aromatic carbocycles. The van der Waals surface area contributed by atoms with E-state index in [9.17, 15) is 5.11 Å². The molecule has 1 rings (SSSR count). The number of benzene rings is 1. The minimum atomic E-state index is -0.319. The highest BCUT2D eigenvalue weighted by atomic mass is 16.3. The Hall–Kier alpha value is -1.53. The summed E-state index contributed by atoms with van der Waals surface area (Å²) in [6.07, 6.45) is 0.420. The molecular formula is C12H16N2O. The van der Waals surface area contributed by atoms with E-state index in [0.29, 0.717) is 12.1 Å². The molecule has 3 heteroatoms. The SMILES string of the molecule is CCC(O)CN(C)c1cccc(C#N)c1. The lowest BCUT2D eigenvalue weighted by molar-refractivity contribution is 0.177. The summed E-state index contributed by atoms with van der Waals surface area (Å²) in [6, 6.07) is 9.48. The topological polar surface area (TPSA) is 47.3 Å². The Morgan fingerprint density at radius 3 is 2.87 bits per heavy atom. The highest BCUT2D eigenvalue weighted by Crippen LogP contribution is 2.14. The average molecular weight is 204 g/mol. The number of nitrogens with zero attached hydrogens (tertiary/aromatic N) is 2. The molecule has 1 unspecified atom stereocenters. The third-order valence-electron chi connectivity index (χ3n) is 2.37. The molecule has 1 N–H and O–H groups in total. The molecule has 0 aliphatic carbocycles. The fourth-order valence-corrected chi connectivity index (χ4v) is 1.36. The van der Waals surface area contributed by atoms with E-state index in [2.05, 4.69) is 6.07 Å². The van der Waals surface area contributed by atoms with E-state index >= 15 is 0 Å². The number of hydrogen-bond acceptors (Lipinski definition) is 3. The molecule has 3 nitrogen and oxygen atoms in total. The van der Waals surface area contributed by atoms with Crippen LogP contribution in [0, 0.1) is 11.3 Å². The molecule has 0 radical (unpaired) electrons. The van der Waals surface area contributed by atoms with Crippen LogP contribution in [0.4, 0.5) is 5.69 Å². The highest BCUT2D eigenvalue weighted by Gasteiger charge is 2.06. The van der Waals surface area contributed by atoms with Gasteiger partial charge >= 0.3 is 0 Å². The summed E-state index contributed by atoms with van der Waals surface area (Å²) in [7, 11) is 1.91. The van der Waals surface area contributed by atoms with Gasteiger partial charge in [0.25, 0.3) is 0 Å². The smallest absolute Gasteiger partial charge is 0.0992 e. The lowest BCUT2D eigenvalue weighted by atomic mass is 10.2. The fraction of sp³-hybridized carbons (Fsp3) is 0.417. The van der Waals surface area contributed by atoms with Crippen LogP contribution in [0.2, 0.25) is 0 Å². The molecular weight excluding hydrogens is 188 g/mol. The van der Waals surface area contributed by atoms with Crippen LogP contribution in [0.15, 0.2) is 24.3 Å². The average Bonchev–Trinajstić information content (AvgIpc) is 2.28. The van der Waals surface area contributed by atoms with E-state index in [4.69, 9.17) is 5.26 Å². The molecule has 15 heavy (non-hydrogen) atoms. The van der Waals surface area contributed by atoms with Crippen LogP contribution in [0.1, 0.15) is 18.9 Å². The predicted octanol–water partition coefficient (Wildman–Crippen LogP) is 1.77. The summed E-state index contributed by atoms with van der Waals surface area (Å²) in [5.41, 5.74) is 1.60. The predicted molar refractivity (Wildman–Crippen MR) is 60.7 cm³/mol. The molecule has 0 saturated carbocycles. The van der Waals surface area contributed by atoms with Crippen molar-refractivity contribution in [3.05, 3.63) is 29.8 Å². The Bertz CT molecular complexity index is 357. The first kappa shape index (κ1) is 11.5. The second kappa shape index (κ2) is 5.38. The summed E-state index contributed by atoms with van der Waals surface area (Å²) in [5, 5.41) is 18.3. The van der Waals surface area contributed by atoms with Crippen LogP contribution in [0.25, 0.3) is 0 Å². The maximum absolute atomic E-state index is 9.51. The minimum absolute atomic E-state index is 0.319. The van der Waals surface area contributed by atoms with Crippen LogP contribution in [0.5, 0.6) is 0 Å². The van der Waals surface area contributed by atoms with Crippen molar-refractivity contribution in [1.82, 2.24) is 0 Å². The number of aliphatic hydroxyl groups is 1. The summed E-state index contributed by atoms with van der Waals surface area (Å²) in [6.45, 7) is 2.54. The van der Waals surface area contributed by atoms with Gasteiger partial charge in [-0.1, -0.05) is 13.0 Å². The van der Waals surface area contributed by atoms with E-state index < -0.39 is 0 Å². The quantitative estimate of drug-likeness (QED) is 0.813. The molecule has 0 aliphatic rings. The number of rotatable bonds is 4. The van der Waals surface area contributed by atoms with Gasteiger partial charge in [-0.2, -0.15) is 5.26 Å². The van der Waals surface area contributed by atoms with Gasteiger partial charge in [0.15, 0.2) is 0 Å². The second-order valence-corrected chi connectivity index (χ2v) is 3.60. The van der Waals surface area contributed by atoms with Crippen LogP contribution < -0.4 is 4.90 Å². The maximum Gasteiger partial charge on any atom is 0.0992 e. The van der Waals surface area contributed by atoms with E-state index in [1.54, 1.807) is 6.07 Å². The molecule has 1 atom stereocenters. The van der Waals surface area contributed by atoms with Crippen molar-refractivity contribution < 1.29 is 5.11 Å². The Morgan fingerprint density at radius 1 is 1.53 bits per heavy atom. The third-order valence-corrected chi connectivity index (χ3v) is 2.37. The minimum Gasteiger partial charge on any atom is -0.391 e. The second-order valence-electron chi connectivity index (χ2n) is 3.60. The molecule has 0 aliphatic heterocycles. The zero-order chi connectivity index (χ0) is 11.3. The third kappa shape index (κ3) is 3.26. The molecule has 0 bridgehead atoms. The Kier molecular flexibility index (Phi) is 4.14. The summed E-state index contributed by atoms with van der Waals surface area (Å²) < 4.78 is 0. The molecule has 0 saturated heterocycles. The van der Waals surface area contributed by atoms with E-state index in [-0.39, 0.29) is 6.10 Å². The van der Waals surface area contributed by atoms with Crippen LogP contribution >= 0.6 is 0 Å². The van der Waals surface area contributed by atoms with Gasteiger partial charge in [-0.15, -0.1) is 0 Å². The first-order chi connectivity index (χ1) is 7.17. The van der Waals surface area contributed by atoms with Crippen molar-refractivity contribution >= 4 is 5.69 Å². The van der Waals surface area contributed by atoms with Crippen molar-refractivity contribution in [3.63, 3.8) is 0 Å². The van der Waals surface area contributed by atoms with Gasteiger partial charge in [-0.3, -0.25) is 0 Å². The fourth-order valence-electron chi connectivity index (χ4n) is 1.36. The number of nitriles is 1. The zero-order valence-electron chi connectivity index (χ0n) is 9.14. The van der Waals surface area contributed by atoms with Crippen LogP contribution in [0.3, 0.4) is 0 Å². The first-order valence-electron chi connectivity index (χ1n) is 5.06. The lowest BCUT2D eigenvalue weighted by Crippen LogP contribution is -2.28. The van der Waals surface area contributed by atoms with Gasteiger partial charge in [0.2, 0.25) is 0 Å². The van der Waals surface area contributed by atoms with Crippen molar-refractivity contribution in [1.29, 1.82) is 5.26 Å². The molecule has 1 aromatic rings. The number of anilines is 1. The number of hydrogen-bond donors (Lipinski definition) is 1. The van der Waals surface area contributed by atoms with Crippen molar-refractivity contribution in [2.24, 2.45) is 0 Å². The standard InChI is InChI=1S/C12H16N2O/c1-3-12(15)9-14(2)11-6-4-5-10(7-11)8-13/h4-7,12,15H,3,9H2,1-2H3. The Labute approximate surface area is 90.6 Å². The van der Waals surface area contributed by atoms with Crippen molar-refractivity contribution in [3.8, 4) is 6.07 Å². The first-order valence-corrected chi connectivity index (χ1v) is 5.06. The summed E-state index contributed by atoms with van der Waals surface area (Å²) >= 11 is 0.